The van der Waals surface area contributed by atoms with Crippen molar-refractivity contribution >= 4 is 12.6 Å². The third-order valence-corrected chi connectivity index (χ3v) is 3.27. The van der Waals surface area contributed by atoms with E-state index in [1.807, 2.05) is 26.1 Å². The first-order chi connectivity index (χ1) is 9.94. The van der Waals surface area contributed by atoms with E-state index in [1.165, 1.54) is 17.2 Å². The molecule has 0 spiro atoms. The minimum absolute atomic E-state index is 0.175. The number of benzene rings is 2. The highest BCUT2D eigenvalue weighted by Crippen LogP contribution is 2.10. The molecule has 2 rings (SSSR count). The number of aryl methyl sites for hydroxylation is 1. The molecule has 0 amide bonds. The Morgan fingerprint density at radius 1 is 1.05 bits per heavy atom. The molecule has 0 radical (unpaired) electrons. The largest absolute Gasteiger partial charge is 0.488 e. The molecule has 2 aromatic rings. The summed E-state index contributed by atoms with van der Waals surface area (Å²) < 4.78 is 13.5. The smallest absolute Gasteiger partial charge is 0.423 e. The maximum Gasteiger partial charge on any atom is 0.488 e. The summed E-state index contributed by atoms with van der Waals surface area (Å²) in [6, 6.07) is 12.4. The third-order valence-electron chi connectivity index (χ3n) is 3.27. The Balaban J connectivity index is 2.07. The van der Waals surface area contributed by atoms with Gasteiger partial charge in [-0.15, -0.1) is 0 Å². The van der Waals surface area contributed by atoms with E-state index in [0.29, 0.717) is 12.1 Å². The Hall–Kier alpha value is -1.69. The van der Waals surface area contributed by atoms with Crippen LogP contribution in [0.3, 0.4) is 0 Å². The molecule has 21 heavy (non-hydrogen) atoms. The van der Waals surface area contributed by atoms with Crippen LogP contribution in [0.25, 0.3) is 0 Å². The molecule has 0 aliphatic carbocycles. The fraction of sp³-hybridized carbons (Fsp3) is 0.250. The van der Waals surface area contributed by atoms with Crippen molar-refractivity contribution in [1.82, 2.24) is 4.90 Å². The lowest BCUT2D eigenvalue weighted by atomic mass is 9.79. The molecule has 0 aliphatic rings. The second-order valence-electron chi connectivity index (χ2n) is 5.43. The van der Waals surface area contributed by atoms with Gasteiger partial charge >= 0.3 is 7.12 Å². The van der Waals surface area contributed by atoms with Crippen molar-refractivity contribution in [2.24, 2.45) is 0 Å². The van der Waals surface area contributed by atoms with Crippen LogP contribution in [0.2, 0.25) is 0 Å². The molecule has 0 saturated heterocycles. The Morgan fingerprint density at radius 2 is 1.76 bits per heavy atom. The molecular weight excluding hydrogens is 268 g/mol. The predicted octanol–water partition coefficient (Wildman–Crippen LogP) is 1.45. The molecular formula is C16H19BFNO2. The van der Waals surface area contributed by atoms with Crippen LogP contribution in [0, 0.1) is 12.7 Å². The number of rotatable bonds is 5. The molecule has 0 bridgehead atoms. The average Bonchev–Trinajstić information content (AvgIpc) is 2.37. The first-order valence-electron chi connectivity index (χ1n) is 6.83. The van der Waals surface area contributed by atoms with Crippen LogP contribution in [-0.4, -0.2) is 29.1 Å². The lowest BCUT2D eigenvalue weighted by molar-refractivity contribution is 0.318. The summed E-state index contributed by atoms with van der Waals surface area (Å²) in [6.07, 6.45) is 0. The lowest BCUT2D eigenvalue weighted by Crippen LogP contribution is -2.31. The van der Waals surface area contributed by atoms with Crippen LogP contribution >= 0.6 is 0 Å². The lowest BCUT2D eigenvalue weighted by Gasteiger charge is -2.18. The minimum atomic E-state index is -1.65. The van der Waals surface area contributed by atoms with Crippen molar-refractivity contribution in [3.8, 4) is 0 Å². The first kappa shape index (κ1) is 15.7. The van der Waals surface area contributed by atoms with Gasteiger partial charge in [0.25, 0.3) is 0 Å². The van der Waals surface area contributed by atoms with Crippen molar-refractivity contribution in [1.29, 1.82) is 0 Å². The Bertz CT molecular complexity index is 619. The summed E-state index contributed by atoms with van der Waals surface area (Å²) in [4.78, 5) is 2.05. The van der Waals surface area contributed by atoms with Crippen LogP contribution in [0.4, 0.5) is 4.39 Å². The van der Waals surface area contributed by atoms with Crippen molar-refractivity contribution in [2.75, 3.05) is 7.05 Å². The van der Waals surface area contributed by atoms with Crippen LogP contribution < -0.4 is 5.46 Å². The average molecular weight is 287 g/mol. The summed E-state index contributed by atoms with van der Waals surface area (Å²) in [5, 5.41) is 18.3. The molecule has 0 aromatic heterocycles. The maximum absolute atomic E-state index is 13.5. The van der Waals surface area contributed by atoms with Gasteiger partial charge < -0.3 is 10.0 Å². The second-order valence-corrected chi connectivity index (χ2v) is 5.43. The quantitative estimate of drug-likeness (QED) is 0.818. The molecule has 3 nitrogen and oxygen atoms in total. The number of hydrogen-bond acceptors (Lipinski definition) is 3. The van der Waals surface area contributed by atoms with E-state index < -0.39 is 12.9 Å². The highest BCUT2D eigenvalue weighted by molar-refractivity contribution is 6.58. The van der Waals surface area contributed by atoms with Crippen molar-refractivity contribution in [3.05, 3.63) is 65.0 Å². The molecule has 0 unspecified atom stereocenters. The summed E-state index contributed by atoms with van der Waals surface area (Å²) in [7, 11) is 0.295. The number of nitrogens with zero attached hydrogens (tertiary/aromatic N) is 1. The minimum Gasteiger partial charge on any atom is -0.423 e. The van der Waals surface area contributed by atoms with Gasteiger partial charge in [0, 0.05) is 13.1 Å². The zero-order valence-electron chi connectivity index (χ0n) is 12.3. The topological polar surface area (TPSA) is 43.7 Å². The predicted molar refractivity (Wildman–Crippen MR) is 82.6 cm³/mol. The number of halogens is 1. The van der Waals surface area contributed by atoms with E-state index in [-0.39, 0.29) is 5.46 Å². The monoisotopic (exact) mass is 287 g/mol. The van der Waals surface area contributed by atoms with E-state index >= 15 is 0 Å². The fourth-order valence-electron chi connectivity index (χ4n) is 2.41. The standard InChI is InChI=1S/C16H19BFNO2/c1-12-4-3-5-13(6-12)10-19(2)11-14-7-15(17(20)21)9-16(18)8-14/h3-9,20-21H,10-11H2,1-2H3. The van der Waals surface area contributed by atoms with Crippen molar-refractivity contribution in [3.63, 3.8) is 0 Å². The maximum atomic E-state index is 13.5. The van der Waals surface area contributed by atoms with Crippen LogP contribution in [0.5, 0.6) is 0 Å². The highest BCUT2D eigenvalue weighted by atomic mass is 19.1. The summed E-state index contributed by atoms with van der Waals surface area (Å²) >= 11 is 0. The molecule has 0 saturated carbocycles. The van der Waals surface area contributed by atoms with Crippen LogP contribution in [0.15, 0.2) is 42.5 Å². The van der Waals surface area contributed by atoms with Crippen LogP contribution in [-0.2, 0) is 13.1 Å². The van der Waals surface area contributed by atoms with Gasteiger partial charge in [-0.3, -0.25) is 4.90 Å². The van der Waals surface area contributed by atoms with Gasteiger partial charge in [-0.2, -0.15) is 0 Å². The molecule has 0 heterocycles. The molecule has 2 N–H and O–H groups in total. The third kappa shape index (κ3) is 4.67. The molecule has 0 atom stereocenters. The van der Waals surface area contributed by atoms with Gasteiger partial charge in [-0.25, -0.2) is 4.39 Å². The molecule has 5 heteroatoms. The van der Waals surface area contributed by atoms with Gasteiger partial charge in [-0.1, -0.05) is 35.9 Å². The number of hydrogen-bond donors (Lipinski definition) is 2. The molecule has 2 aromatic carbocycles. The van der Waals surface area contributed by atoms with E-state index in [2.05, 4.69) is 17.0 Å². The normalized spacial score (nSPS) is 11.0. The highest BCUT2D eigenvalue weighted by Gasteiger charge is 2.14. The Morgan fingerprint density at radius 3 is 2.43 bits per heavy atom. The SMILES string of the molecule is Cc1cccc(CN(C)Cc2cc(F)cc(B(O)O)c2)c1. The molecule has 0 fully saturated rings. The fourth-order valence-corrected chi connectivity index (χ4v) is 2.41. The van der Waals surface area contributed by atoms with E-state index in [0.717, 1.165) is 12.6 Å². The van der Waals surface area contributed by atoms with Crippen molar-refractivity contribution in [2.45, 2.75) is 20.0 Å². The second kappa shape index (κ2) is 6.85. The zero-order chi connectivity index (χ0) is 15.4. The van der Waals surface area contributed by atoms with E-state index in [9.17, 15) is 4.39 Å². The van der Waals surface area contributed by atoms with E-state index in [4.69, 9.17) is 10.0 Å². The van der Waals surface area contributed by atoms with Gasteiger partial charge in [0.1, 0.15) is 5.82 Å². The summed E-state index contributed by atoms with van der Waals surface area (Å²) in [5.41, 5.74) is 3.29. The van der Waals surface area contributed by atoms with Crippen molar-refractivity contribution < 1.29 is 14.4 Å². The molecule has 0 aliphatic heterocycles. The first-order valence-corrected chi connectivity index (χ1v) is 6.83. The molecule has 110 valence electrons. The van der Waals surface area contributed by atoms with Gasteiger partial charge in [0.05, 0.1) is 0 Å². The summed E-state index contributed by atoms with van der Waals surface area (Å²) in [5.74, 6) is -0.459. The van der Waals surface area contributed by atoms with Gasteiger partial charge in [-0.05, 0) is 42.7 Å². The Kier molecular flexibility index (Phi) is 5.12. The zero-order valence-corrected chi connectivity index (χ0v) is 12.3. The Labute approximate surface area is 124 Å². The van der Waals surface area contributed by atoms with Gasteiger partial charge in [0.15, 0.2) is 0 Å². The van der Waals surface area contributed by atoms with E-state index in [1.54, 1.807) is 6.07 Å². The summed E-state index contributed by atoms with van der Waals surface area (Å²) in [6.45, 7) is 3.33. The van der Waals surface area contributed by atoms with Crippen LogP contribution in [0.1, 0.15) is 16.7 Å². The van der Waals surface area contributed by atoms with Gasteiger partial charge in [0.2, 0.25) is 0 Å².